The first-order chi connectivity index (χ1) is 11.2. The molecule has 1 aliphatic rings. The van der Waals surface area contributed by atoms with Crippen LogP contribution in [0.25, 0.3) is 16.7 Å². The van der Waals surface area contributed by atoms with Crippen LogP contribution >= 0.6 is 0 Å². The Bertz CT molecular complexity index is 823. The van der Waals surface area contributed by atoms with Gasteiger partial charge in [-0.1, -0.05) is 13.8 Å². The van der Waals surface area contributed by atoms with Crippen molar-refractivity contribution in [1.82, 2.24) is 24.3 Å². The van der Waals surface area contributed by atoms with Gasteiger partial charge in [-0.15, -0.1) is 0 Å². The van der Waals surface area contributed by atoms with E-state index in [0.717, 1.165) is 48.4 Å². The van der Waals surface area contributed by atoms with Gasteiger partial charge in [0.25, 0.3) is 0 Å². The Morgan fingerprint density at radius 1 is 1.39 bits per heavy atom. The Morgan fingerprint density at radius 2 is 2.22 bits per heavy atom. The Morgan fingerprint density at radius 3 is 3.04 bits per heavy atom. The van der Waals surface area contributed by atoms with Crippen molar-refractivity contribution in [2.45, 2.75) is 38.8 Å². The highest BCUT2D eigenvalue weighted by atomic mass is 16.3. The first kappa shape index (κ1) is 14.7. The van der Waals surface area contributed by atoms with Gasteiger partial charge >= 0.3 is 0 Å². The maximum absolute atomic E-state index is 10.2. The number of hydrogen-bond acceptors (Lipinski definition) is 4. The smallest absolute Gasteiger partial charge is 0.154 e. The molecule has 6 heteroatoms. The fourth-order valence-corrected chi connectivity index (χ4v) is 3.72. The summed E-state index contributed by atoms with van der Waals surface area (Å²) >= 11 is 0. The highest BCUT2D eigenvalue weighted by molar-refractivity contribution is 5.75. The number of aliphatic hydroxyl groups excluding tert-OH is 1. The van der Waals surface area contributed by atoms with Gasteiger partial charge in [0.2, 0.25) is 0 Å². The summed E-state index contributed by atoms with van der Waals surface area (Å²) in [5.41, 5.74) is 2.97. The van der Waals surface area contributed by atoms with E-state index in [1.54, 1.807) is 0 Å². The quantitative estimate of drug-likeness (QED) is 0.779. The average Bonchev–Trinajstić information content (AvgIpc) is 3.20. The number of piperidine rings is 1. The molecule has 23 heavy (non-hydrogen) atoms. The van der Waals surface area contributed by atoms with Gasteiger partial charge < -0.3 is 10.1 Å². The van der Waals surface area contributed by atoms with Crippen molar-refractivity contribution < 1.29 is 5.11 Å². The third-order valence-corrected chi connectivity index (χ3v) is 5.20. The SMILES string of the molecule is CCC(O)N1CC[C@H](C)[C@H](c2ncc3cnc4[nH]ccc4n23)C1. The van der Waals surface area contributed by atoms with E-state index in [1.165, 1.54) is 0 Å². The summed E-state index contributed by atoms with van der Waals surface area (Å²) in [4.78, 5) is 14.5. The number of rotatable bonds is 3. The minimum Gasteiger partial charge on any atom is -0.378 e. The molecule has 3 aromatic rings. The largest absolute Gasteiger partial charge is 0.378 e. The van der Waals surface area contributed by atoms with E-state index < -0.39 is 0 Å². The van der Waals surface area contributed by atoms with Crippen molar-refractivity contribution in [3.8, 4) is 0 Å². The summed E-state index contributed by atoms with van der Waals surface area (Å²) in [6.07, 6.45) is 7.16. The van der Waals surface area contributed by atoms with Gasteiger partial charge in [-0.2, -0.15) is 0 Å². The number of aromatic nitrogens is 4. The molecule has 0 aliphatic carbocycles. The van der Waals surface area contributed by atoms with Crippen molar-refractivity contribution in [2.24, 2.45) is 5.92 Å². The number of aromatic amines is 1. The van der Waals surface area contributed by atoms with Crippen molar-refractivity contribution in [3.63, 3.8) is 0 Å². The van der Waals surface area contributed by atoms with Gasteiger partial charge in [-0.3, -0.25) is 9.30 Å². The number of imidazole rings is 1. The monoisotopic (exact) mass is 313 g/mol. The third kappa shape index (κ3) is 2.33. The first-order valence-electron chi connectivity index (χ1n) is 8.40. The molecule has 0 amide bonds. The molecule has 1 fully saturated rings. The van der Waals surface area contributed by atoms with E-state index >= 15 is 0 Å². The second-order valence-electron chi connectivity index (χ2n) is 6.60. The van der Waals surface area contributed by atoms with Gasteiger partial charge in [0.15, 0.2) is 5.65 Å². The zero-order valence-electron chi connectivity index (χ0n) is 13.6. The number of hydrogen-bond donors (Lipinski definition) is 2. The molecule has 0 bridgehead atoms. The molecule has 0 saturated carbocycles. The van der Waals surface area contributed by atoms with Crippen LogP contribution in [-0.2, 0) is 0 Å². The standard InChI is InChI=1S/C17H23N5O/c1-3-15(23)21-7-5-11(2)13(10-21)17-20-9-12-8-19-16-14(22(12)17)4-6-18-16/h4,6,8-9,11,13,15,18,23H,3,5,7,10H2,1-2H3/t11-,13+,15?/m0/s1. The van der Waals surface area contributed by atoms with Crippen molar-refractivity contribution in [3.05, 3.63) is 30.5 Å². The van der Waals surface area contributed by atoms with Crippen molar-refractivity contribution in [2.75, 3.05) is 13.1 Å². The molecule has 1 saturated heterocycles. The van der Waals surface area contributed by atoms with Crippen LogP contribution in [0.4, 0.5) is 0 Å². The van der Waals surface area contributed by atoms with E-state index in [4.69, 9.17) is 4.98 Å². The fraction of sp³-hybridized carbons (Fsp3) is 0.529. The number of fused-ring (bicyclic) bond motifs is 3. The molecule has 0 spiro atoms. The molecule has 4 heterocycles. The van der Waals surface area contributed by atoms with Crippen LogP contribution in [-0.4, -0.2) is 48.7 Å². The molecule has 1 unspecified atom stereocenters. The van der Waals surface area contributed by atoms with Crippen LogP contribution in [0.2, 0.25) is 0 Å². The second-order valence-corrected chi connectivity index (χ2v) is 6.60. The average molecular weight is 313 g/mol. The summed E-state index contributed by atoms with van der Waals surface area (Å²) in [5.74, 6) is 1.93. The number of H-pyrrole nitrogens is 1. The molecule has 3 aromatic heterocycles. The molecule has 0 radical (unpaired) electrons. The normalized spacial score (nSPS) is 24.5. The lowest BCUT2D eigenvalue weighted by Gasteiger charge is -2.38. The minimum absolute atomic E-state index is 0.313. The third-order valence-electron chi connectivity index (χ3n) is 5.20. The highest BCUT2D eigenvalue weighted by Crippen LogP contribution is 2.33. The molecule has 6 nitrogen and oxygen atoms in total. The highest BCUT2D eigenvalue weighted by Gasteiger charge is 2.32. The maximum atomic E-state index is 10.2. The minimum atomic E-state index is -0.356. The van der Waals surface area contributed by atoms with Crippen LogP contribution in [0.15, 0.2) is 24.7 Å². The number of likely N-dealkylation sites (tertiary alicyclic amines) is 1. The summed E-state index contributed by atoms with van der Waals surface area (Å²) in [6, 6.07) is 2.05. The van der Waals surface area contributed by atoms with Crippen LogP contribution in [0.3, 0.4) is 0 Å². The molecule has 1 aliphatic heterocycles. The molecule has 4 rings (SSSR count). The molecular formula is C17H23N5O. The van der Waals surface area contributed by atoms with Crippen LogP contribution < -0.4 is 0 Å². The van der Waals surface area contributed by atoms with Gasteiger partial charge in [0.05, 0.1) is 23.4 Å². The summed E-state index contributed by atoms with van der Waals surface area (Å²) in [7, 11) is 0. The molecule has 3 atom stereocenters. The lowest BCUT2D eigenvalue weighted by molar-refractivity contribution is -0.0247. The molecular weight excluding hydrogens is 290 g/mol. The number of aliphatic hydroxyl groups is 1. The molecule has 0 aromatic carbocycles. The Labute approximate surface area is 135 Å². The van der Waals surface area contributed by atoms with Gasteiger partial charge in [-0.05, 0) is 24.8 Å². The summed E-state index contributed by atoms with van der Waals surface area (Å²) < 4.78 is 2.21. The van der Waals surface area contributed by atoms with Crippen LogP contribution in [0, 0.1) is 5.92 Å². The summed E-state index contributed by atoms with van der Waals surface area (Å²) in [6.45, 7) is 6.12. The summed E-state index contributed by atoms with van der Waals surface area (Å²) in [5, 5.41) is 10.2. The lowest BCUT2D eigenvalue weighted by Crippen LogP contribution is -2.44. The number of nitrogens with zero attached hydrogens (tertiary/aromatic N) is 4. The lowest BCUT2D eigenvalue weighted by atomic mass is 9.86. The Hall–Kier alpha value is -1.92. The second kappa shape index (κ2) is 5.62. The predicted molar refractivity (Wildman–Crippen MR) is 89.2 cm³/mol. The fourth-order valence-electron chi connectivity index (χ4n) is 3.72. The van der Waals surface area contributed by atoms with Gasteiger partial charge in [-0.25, -0.2) is 9.97 Å². The Kier molecular flexibility index (Phi) is 3.58. The molecule has 122 valence electrons. The van der Waals surface area contributed by atoms with Crippen molar-refractivity contribution in [1.29, 1.82) is 0 Å². The maximum Gasteiger partial charge on any atom is 0.154 e. The van der Waals surface area contributed by atoms with E-state index in [-0.39, 0.29) is 6.23 Å². The Balaban J connectivity index is 1.79. The van der Waals surface area contributed by atoms with E-state index in [0.29, 0.717) is 11.8 Å². The van der Waals surface area contributed by atoms with Crippen molar-refractivity contribution >= 4 is 16.7 Å². The number of nitrogens with one attached hydrogen (secondary N) is 1. The molecule has 2 N–H and O–H groups in total. The van der Waals surface area contributed by atoms with Crippen LogP contribution in [0.5, 0.6) is 0 Å². The zero-order valence-corrected chi connectivity index (χ0v) is 13.6. The van der Waals surface area contributed by atoms with E-state index in [2.05, 4.69) is 26.2 Å². The van der Waals surface area contributed by atoms with Gasteiger partial charge in [0.1, 0.15) is 12.1 Å². The van der Waals surface area contributed by atoms with E-state index in [9.17, 15) is 5.11 Å². The van der Waals surface area contributed by atoms with E-state index in [1.807, 2.05) is 31.6 Å². The van der Waals surface area contributed by atoms with Gasteiger partial charge in [0, 0.05) is 25.2 Å². The van der Waals surface area contributed by atoms with Crippen LogP contribution in [0.1, 0.15) is 38.4 Å². The predicted octanol–water partition coefficient (Wildman–Crippen LogP) is 2.36. The zero-order chi connectivity index (χ0) is 16.0. The topological polar surface area (TPSA) is 69.4 Å². The first-order valence-corrected chi connectivity index (χ1v) is 8.40.